The molecule has 18 heavy (non-hydrogen) atoms. The van der Waals surface area contributed by atoms with Crippen LogP contribution in [0.1, 0.15) is 18.4 Å². The van der Waals surface area contributed by atoms with Crippen molar-refractivity contribution in [3.8, 4) is 0 Å². The zero-order valence-electron chi connectivity index (χ0n) is 10.4. The molecule has 0 radical (unpaired) electrons. The van der Waals surface area contributed by atoms with Gasteiger partial charge in [0.2, 0.25) is 5.91 Å². The summed E-state index contributed by atoms with van der Waals surface area (Å²) in [5.74, 6) is 0.704. The van der Waals surface area contributed by atoms with Gasteiger partial charge in [-0.1, -0.05) is 28.1 Å². The Balaban J connectivity index is 1.73. The SMILES string of the molecule is O=C(Cc1ccc(Br)cc1)NCC1CCCNC1. The highest BCUT2D eigenvalue weighted by Gasteiger charge is 2.13. The first-order chi connectivity index (χ1) is 8.74. The van der Waals surface area contributed by atoms with Gasteiger partial charge in [0.05, 0.1) is 6.42 Å². The number of nitrogens with one attached hydrogen (secondary N) is 2. The minimum atomic E-state index is 0.114. The lowest BCUT2D eigenvalue weighted by Crippen LogP contribution is -2.38. The summed E-state index contributed by atoms with van der Waals surface area (Å²) in [5, 5.41) is 6.38. The first kappa shape index (κ1) is 13.6. The molecule has 98 valence electrons. The maximum Gasteiger partial charge on any atom is 0.224 e. The molecule has 4 heteroatoms. The van der Waals surface area contributed by atoms with Gasteiger partial charge in [0.1, 0.15) is 0 Å². The van der Waals surface area contributed by atoms with Gasteiger partial charge in [0.15, 0.2) is 0 Å². The molecule has 1 fully saturated rings. The molecule has 3 nitrogen and oxygen atoms in total. The average Bonchev–Trinajstić information content (AvgIpc) is 2.40. The van der Waals surface area contributed by atoms with Crippen LogP contribution in [-0.2, 0) is 11.2 Å². The molecular weight excluding hydrogens is 292 g/mol. The van der Waals surface area contributed by atoms with Gasteiger partial charge < -0.3 is 10.6 Å². The lowest BCUT2D eigenvalue weighted by molar-refractivity contribution is -0.120. The predicted molar refractivity (Wildman–Crippen MR) is 76.4 cm³/mol. The fraction of sp³-hybridized carbons (Fsp3) is 0.500. The number of carbonyl (C=O) groups excluding carboxylic acids is 1. The molecule has 1 aliphatic heterocycles. The maximum absolute atomic E-state index is 11.8. The third-order valence-electron chi connectivity index (χ3n) is 3.26. The molecule has 1 saturated heterocycles. The van der Waals surface area contributed by atoms with E-state index in [1.165, 1.54) is 12.8 Å². The molecule has 0 bridgehead atoms. The highest BCUT2D eigenvalue weighted by atomic mass is 79.9. The van der Waals surface area contributed by atoms with E-state index in [9.17, 15) is 4.79 Å². The second-order valence-corrected chi connectivity index (χ2v) is 5.74. The summed E-state index contributed by atoms with van der Waals surface area (Å²) in [6.45, 7) is 2.93. The maximum atomic E-state index is 11.8. The van der Waals surface area contributed by atoms with Crippen LogP contribution in [0.4, 0.5) is 0 Å². The van der Waals surface area contributed by atoms with Crippen molar-refractivity contribution >= 4 is 21.8 Å². The molecule has 2 rings (SSSR count). The number of amides is 1. The van der Waals surface area contributed by atoms with Crippen LogP contribution in [-0.4, -0.2) is 25.5 Å². The molecule has 0 spiro atoms. The summed E-state index contributed by atoms with van der Waals surface area (Å²) in [6, 6.07) is 7.89. The highest BCUT2D eigenvalue weighted by molar-refractivity contribution is 9.10. The molecule has 1 aliphatic rings. The number of halogens is 1. The Hall–Kier alpha value is -0.870. The Bertz CT molecular complexity index is 385. The number of carbonyl (C=O) groups is 1. The zero-order chi connectivity index (χ0) is 12.8. The first-order valence-corrected chi connectivity index (χ1v) is 7.25. The molecule has 1 aromatic carbocycles. The van der Waals surface area contributed by atoms with Crippen LogP contribution >= 0.6 is 15.9 Å². The molecule has 2 N–H and O–H groups in total. The lowest BCUT2D eigenvalue weighted by Gasteiger charge is -2.22. The number of rotatable bonds is 4. The van der Waals surface area contributed by atoms with E-state index in [1.54, 1.807) is 0 Å². The average molecular weight is 311 g/mol. The number of hydrogen-bond acceptors (Lipinski definition) is 2. The summed E-state index contributed by atoms with van der Waals surface area (Å²) in [4.78, 5) is 11.8. The van der Waals surface area contributed by atoms with E-state index < -0.39 is 0 Å². The van der Waals surface area contributed by atoms with E-state index >= 15 is 0 Å². The Morgan fingerprint density at radius 3 is 2.83 bits per heavy atom. The molecule has 1 amide bonds. The van der Waals surface area contributed by atoms with Gasteiger partial charge in [-0.3, -0.25) is 4.79 Å². The Morgan fingerprint density at radius 2 is 2.17 bits per heavy atom. The second-order valence-electron chi connectivity index (χ2n) is 4.82. The lowest BCUT2D eigenvalue weighted by atomic mass is 10.00. The number of benzene rings is 1. The smallest absolute Gasteiger partial charge is 0.224 e. The largest absolute Gasteiger partial charge is 0.355 e. The van der Waals surface area contributed by atoms with Crippen LogP contribution in [0, 0.1) is 5.92 Å². The van der Waals surface area contributed by atoms with Gasteiger partial charge in [0, 0.05) is 11.0 Å². The highest BCUT2D eigenvalue weighted by Crippen LogP contribution is 2.11. The van der Waals surface area contributed by atoms with Gasteiger partial charge in [-0.15, -0.1) is 0 Å². The summed E-state index contributed by atoms with van der Waals surface area (Å²) < 4.78 is 1.04. The number of hydrogen-bond donors (Lipinski definition) is 2. The van der Waals surface area contributed by atoms with E-state index in [0.29, 0.717) is 12.3 Å². The van der Waals surface area contributed by atoms with Crippen molar-refractivity contribution in [1.82, 2.24) is 10.6 Å². The minimum Gasteiger partial charge on any atom is -0.355 e. The number of piperidine rings is 1. The summed E-state index contributed by atoms with van der Waals surface area (Å²) in [5.41, 5.74) is 1.05. The van der Waals surface area contributed by atoms with Crippen LogP contribution in [0.2, 0.25) is 0 Å². The summed E-state index contributed by atoms with van der Waals surface area (Å²) in [7, 11) is 0. The molecule has 0 saturated carbocycles. The van der Waals surface area contributed by atoms with Crippen LogP contribution in [0.5, 0.6) is 0 Å². The Morgan fingerprint density at radius 1 is 1.39 bits per heavy atom. The molecule has 1 heterocycles. The fourth-order valence-electron chi connectivity index (χ4n) is 2.21. The van der Waals surface area contributed by atoms with Gasteiger partial charge in [-0.2, -0.15) is 0 Å². The van der Waals surface area contributed by atoms with Crippen LogP contribution in [0.25, 0.3) is 0 Å². The zero-order valence-corrected chi connectivity index (χ0v) is 12.0. The van der Waals surface area contributed by atoms with Crippen molar-refractivity contribution < 1.29 is 4.79 Å². The van der Waals surface area contributed by atoms with E-state index in [0.717, 1.165) is 29.7 Å². The van der Waals surface area contributed by atoms with Gasteiger partial charge in [-0.25, -0.2) is 0 Å². The van der Waals surface area contributed by atoms with Crippen molar-refractivity contribution in [2.45, 2.75) is 19.3 Å². The normalized spacial score (nSPS) is 19.5. The Labute approximate surface area is 116 Å². The van der Waals surface area contributed by atoms with E-state index in [1.807, 2.05) is 24.3 Å². The van der Waals surface area contributed by atoms with Crippen LogP contribution in [0.3, 0.4) is 0 Å². The summed E-state index contributed by atoms with van der Waals surface area (Å²) in [6.07, 6.45) is 2.90. The van der Waals surface area contributed by atoms with Gasteiger partial charge >= 0.3 is 0 Å². The molecular formula is C14H19BrN2O. The standard InChI is InChI=1S/C14H19BrN2O/c15-13-5-3-11(4-6-13)8-14(18)17-10-12-2-1-7-16-9-12/h3-6,12,16H,1-2,7-10H2,(H,17,18). The minimum absolute atomic E-state index is 0.114. The van der Waals surface area contributed by atoms with Crippen molar-refractivity contribution in [2.75, 3.05) is 19.6 Å². The second kappa shape index (κ2) is 6.90. The quantitative estimate of drug-likeness (QED) is 0.894. The van der Waals surface area contributed by atoms with Gasteiger partial charge in [-0.05, 0) is 49.5 Å². The molecule has 0 aliphatic carbocycles. The van der Waals surface area contributed by atoms with Crippen molar-refractivity contribution in [3.05, 3.63) is 34.3 Å². The molecule has 1 atom stereocenters. The monoisotopic (exact) mass is 310 g/mol. The van der Waals surface area contributed by atoms with Crippen LogP contribution in [0.15, 0.2) is 28.7 Å². The molecule has 0 aromatic heterocycles. The van der Waals surface area contributed by atoms with E-state index in [-0.39, 0.29) is 5.91 Å². The Kier molecular flexibility index (Phi) is 5.20. The van der Waals surface area contributed by atoms with Crippen molar-refractivity contribution in [1.29, 1.82) is 0 Å². The summed E-state index contributed by atoms with van der Waals surface area (Å²) >= 11 is 3.39. The van der Waals surface area contributed by atoms with E-state index in [4.69, 9.17) is 0 Å². The van der Waals surface area contributed by atoms with E-state index in [2.05, 4.69) is 26.6 Å². The molecule has 1 aromatic rings. The third kappa shape index (κ3) is 4.42. The topological polar surface area (TPSA) is 41.1 Å². The van der Waals surface area contributed by atoms with Gasteiger partial charge in [0.25, 0.3) is 0 Å². The van der Waals surface area contributed by atoms with Crippen LogP contribution < -0.4 is 10.6 Å². The first-order valence-electron chi connectivity index (χ1n) is 6.46. The fourth-order valence-corrected chi connectivity index (χ4v) is 2.47. The predicted octanol–water partition coefficient (Wildman–Crippen LogP) is 2.11. The van der Waals surface area contributed by atoms with Crippen molar-refractivity contribution in [3.63, 3.8) is 0 Å². The third-order valence-corrected chi connectivity index (χ3v) is 3.79. The van der Waals surface area contributed by atoms with Crippen molar-refractivity contribution in [2.24, 2.45) is 5.92 Å². The molecule has 1 unspecified atom stereocenters.